The van der Waals surface area contributed by atoms with E-state index in [1.54, 1.807) is 7.11 Å². The number of nitrogens with two attached hydrogens (primary N) is 1. The van der Waals surface area contributed by atoms with Gasteiger partial charge in [-0.25, -0.2) is 0 Å². The lowest BCUT2D eigenvalue weighted by atomic mass is 10.1. The largest absolute Gasteiger partial charge is 0.494 e. The predicted octanol–water partition coefficient (Wildman–Crippen LogP) is 1.89. The van der Waals surface area contributed by atoms with Gasteiger partial charge in [-0.1, -0.05) is 12.1 Å². The molecule has 0 saturated heterocycles. The van der Waals surface area contributed by atoms with Gasteiger partial charge in [0.2, 0.25) is 0 Å². The van der Waals surface area contributed by atoms with Crippen molar-refractivity contribution in [1.29, 1.82) is 0 Å². The third-order valence-corrected chi connectivity index (χ3v) is 2.70. The Balaban J connectivity index is 2.26. The van der Waals surface area contributed by atoms with Gasteiger partial charge in [0.25, 0.3) is 0 Å². The van der Waals surface area contributed by atoms with E-state index in [2.05, 4.69) is 17.6 Å². The molecule has 0 aliphatic rings. The molecule has 0 saturated carbocycles. The number of benzene rings is 1. The second-order valence-corrected chi connectivity index (χ2v) is 4.25. The van der Waals surface area contributed by atoms with Crippen LogP contribution in [0.25, 0.3) is 0 Å². The topological polar surface area (TPSA) is 56.5 Å². The minimum Gasteiger partial charge on any atom is -0.494 e. The highest BCUT2D eigenvalue weighted by Crippen LogP contribution is 2.15. The lowest BCUT2D eigenvalue weighted by molar-refractivity contribution is 0.184. The Kier molecular flexibility index (Phi) is 8.21. The monoisotopic (exact) mass is 252 g/mol. The van der Waals surface area contributed by atoms with Gasteiger partial charge >= 0.3 is 0 Å². The molecule has 102 valence electrons. The highest BCUT2D eigenvalue weighted by Gasteiger charge is 1.97. The van der Waals surface area contributed by atoms with Crippen molar-refractivity contribution >= 4 is 0 Å². The van der Waals surface area contributed by atoms with Crippen LogP contribution in [0.15, 0.2) is 24.3 Å². The number of aryl methyl sites for hydroxylation is 1. The quantitative estimate of drug-likeness (QED) is 0.379. The number of hydrazine groups is 1. The van der Waals surface area contributed by atoms with Gasteiger partial charge in [0.1, 0.15) is 5.75 Å². The lowest BCUT2D eigenvalue weighted by Crippen LogP contribution is -2.23. The SMILES string of the molecule is COCCCCOc1cccc(CCCNN)c1. The predicted molar refractivity (Wildman–Crippen MR) is 73.6 cm³/mol. The molecule has 18 heavy (non-hydrogen) atoms. The van der Waals surface area contributed by atoms with Gasteiger partial charge in [-0.05, 0) is 43.4 Å². The van der Waals surface area contributed by atoms with Crippen molar-refractivity contribution in [2.75, 3.05) is 26.9 Å². The molecule has 0 aliphatic heterocycles. The molecule has 0 heterocycles. The molecular formula is C14H24N2O2. The third kappa shape index (κ3) is 6.59. The minimum absolute atomic E-state index is 0.747. The van der Waals surface area contributed by atoms with E-state index in [-0.39, 0.29) is 0 Å². The number of hydrogen-bond donors (Lipinski definition) is 2. The molecule has 0 aromatic heterocycles. The van der Waals surface area contributed by atoms with Gasteiger partial charge in [-0.2, -0.15) is 0 Å². The van der Waals surface area contributed by atoms with E-state index in [1.807, 2.05) is 12.1 Å². The first kappa shape index (κ1) is 15.0. The second-order valence-electron chi connectivity index (χ2n) is 4.25. The molecule has 4 heteroatoms. The summed E-state index contributed by atoms with van der Waals surface area (Å²) in [6.45, 7) is 2.38. The maximum Gasteiger partial charge on any atom is 0.119 e. The zero-order valence-corrected chi connectivity index (χ0v) is 11.2. The van der Waals surface area contributed by atoms with Crippen LogP contribution in [0.4, 0.5) is 0 Å². The summed E-state index contributed by atoms with van der Waals surface area (Å²) in [5.41, 5.74) is 3.95. The van der Waals surface area contributed by atoms with Crippen molar-refractivity contribution < 1.29 is 9.47 Å². The average Bonchev–Trinajstić information content (AvgIpc) is 2.39. The number of nitrogens with one attached hydrogen (secondary N) is 1. The fourth-order valence-electron chi connectivity index (χ4n) is 1.72. The van der Waals surface area contributed by atoms with E-state index in [0.717, 1.165) is 51.2 Å². The summed E-state index contributed by atoms with van der Waals surface area (Å²) in [5, 5.41) is 0. The Bertz CT molecular complexity index is 318. The molecule has 1 rings (SSSR count). The minimum atomic E-state index is 0.747. The van der Waals surface area contributed by atoms with E-state index in [4.69, 9.17) is 15.3 Å². The summed E-state index contributed by atoms with van der Waals surface area (Å²) in [6.07, 6.45) is 4.12. The number of unbranched alkanes of at least 4 members (excludes halogenated alkanes) is 1. The standard InChI is InChI=1S/C14H24N2O2/c1-17-10-2-3-11-18-14-8-4-6-13(12-14)7-5-9-16-15/h4,6,8,12,16H,2-3,5,7,9-11,15H2,1H3. The Hall–Kier alpha value is -1.10. The van der Waals surface area contributed by atoms with Crippen molar-refractivity contribution in [3.05, 3.63) is 29.8 Å². The summed E-state index contributed by atoms with van der Waals surface area (Å²) in [6, 6.07) is 8.26. The molecule has 0 aliphatic carbocycles. The molecule has 3 N–H and O–H groups in total. The maximum absolute atomic E-state index is 5.70. The molecule has 0 unspecified atom stereocenters. The Morgan fingerprint density at radius 3 is 2.78 bits per heavy atom. The highest BCUT2D eigenvalue weighted by atomic mass is 16.5. The zero-order valence-electron chi connectivity index (χ0n) is 11.2. The Labute approximate surface area is 109 Å². The van der Waals surface area contributed by atoms with Crippen LogP contribution in [0.3, 0.4) is 0 Å². The van der Waals surface area contributed by atoms with Gasteiger partial charge in [0, 0.05) is 20.3 Å². The molecule has 0 amide bonds. The first-order valence-electron chi connectivity index (χ1n) is 6.51. The lowest BCUT2D eigenvalue weighted by Gasteiger charge is -2.08. The number of ether oxygens (including phenoxy) is 2. The molecule has 0 fully saturated rings. The van der Waals surface area contributed by atoms with Crippen molar-refractivity contribution in [3.63, 3.8) is 0 Å². The van der Waals surface area contributed by atoms with Crippen LogP contribution >= 0.6 is 0 Å². The number of methoxy groups -OCH3 is 1. The zero-order chi connectivity index (χ0) is 13.1. The van der Waals surface area contributed by atoms with E-state index in [1.165, 1.54) is 5.56 Å². The molecule has 0 radical (unpaired) electrons. The van der Waals surface area contributed by atoms with E-state index >= 15 is 0 Å². The van der Waals surface area contributed by atoms with Gasteiger partial charge in [-0.3, -0.25) is 11.3 Å². The van der Waals surface area contributed by atoms with Crippen LogP contribution in [0.5, 0.6) is 5.75 Å². The third-order valence-electron chi connectivity index (χ3n) is 2.70. The average molecular weight is 252 g/mol. The molecule has 0 bridgehead atoms. The van der Waals surface area contributed by atoms with Crippen LogP contribution in [0, 0.1) is 0 Å². The first-order valence-corrected chi connectivity index (χ1v) is 6.51. The molecule has 0 atom stereocenters. The van der Waals surface area contributed by atoms with Gasteiger partial charge in [0.05, 0.1) is 6.61 Å². The summed E-state index contributed by atoms with van der Waals surface area (Å²) in [5.74, 6) is 6.19. The van der Waals surface area contributed by atoms with Crippen LogP contribution in [-0.2, 0) is 11.2 Å². The van der Waals surface area contributed by atoms with Crippen LogP contribution < -0.4 is 16.0 Å². The molecule has 1 aromatic rings. The van der Waals surface area contributed by atoms with Crippen molar-refractivity contribution in [3.8, 4) is 5.75 Å². The Morgan fingerprint density at radius 1 is 1.17 bits per heavy atom. The summed E-state index contributed by atoms with van der Waals surface area (Å²) < 4.78 is 10.7. The summed E-state index contributed by atoms with van der Waals surface area (Å²) in [7, 11) is 1.72. The normalized spacial score (nSPS) is 10.6. The van der Waals surface area contributed by atoms with Gasteiger partial charge in [-0.15, -0.1) is 0 Å². The van der Waals surface area contributed by atoms with Crippen molar-refractivity contribution in [2.24, 2.45) is 5.84 Å². The fourth-order valence-corrected chi connectivity index (χ4v) is 1.72. The van der Waals surface area contributed by atoms with Crippen molar-refractivity contribution in [1.82, 2.24) is 5.43 Å². The summed E-state index contributed by atoms with van der Waals surface area (Å²) >= 11 is 0. The van der Waals surface area contributed by atoms with Crippen LogP contribution in [0.1, 0.15) is 24.8 Å². The van der Waals surface area contributed by atoms with Crippen molar-refractivity contribution in [2.45, 2.75) is 25.7 Å². The van der Waals surface area contributed by atoms with Gasteiger partial charge in [0.15, 0.2) is 0 Å². The van der Waals surface area contributed by atoms with Crippen LogP contribution in [0.2, 0.25) is 0 Å². The first-order chi connectivity index (χ1) is 8.86. The Morgan fingerprint density at radius 2 is 2.00 bits per heavy atom. The second kappa shape index (κ2) is 9.88. The molecule has 1 aromatic carbocycles. The number of rotatable bonds is 10. The summed E-state index contributed by atoms with van der Waals surface area (Å²) in [4.78, 5) is 0. The van der Waals surface area contributed by atoms with Crippen LogP contribution in [-0.4, -0.2) is 26.9 Å². The number of hydrogen-bond acceptors (Lipinski definition) is 4. The van der Waals surface area contributed by atoms with E-state index in [0.29, 0.717) is 0 Å². The van der Waals surface area contributed by atoms with E-state index in [9.17, 15) is 0 Å². The maximum atomic E-state index is 5.70. The van der Waals surface area contributed by atoms with Gasteiger partial charge < -0.3 is 9.47 Å². The molecular weight excluding hydrogens is 228 g/mol. The van der Waals surface area contributed by atoms with E-state index < -0.39 is 0 Å². The smallest absolute Gasteiger partial charge is 0.119 e. The molecule has 0 spiro atoms. The highest BCUT2D eigenvalue weighted by molar-refractivity contribution is 5.28. The molecule has 4 nitrogen and oxygen atoms in total. The fraction of sp³-hybridized carbons (Fsp3) is 0.571.